The van der Waals surface area contributed by atoms with Crippen molar-refractivity contribution in [3.8, 4) is 0 Å². The molecule has 0 aromatic heterocycles. The summed E-state index contributed by atoms with van der Waals surface area (Å²) < 4.78 is 0. The van der Waals surface area contributed by atoms with Crippen LogP contribution in [0.25, 0.3) is 0 Å². The molecule has 1 aromatic carbocycles. The van der Waals surface area contributed by atoms with Crippen molar-refractivity contribution in [2.45, 2.75) is 51.0 Å². The van der Waals surface area contributed by atoms with Crippen LogP contribution in [0, 0.1) is 11.8 Å². The van der Waals surface area contributed by atoms with E-state index >= 15 is 0 Å². The van der Waals surface area contributed by atoms with E-state index in [1.54, 1.807) is 0 Å². The Morgan fingerprint density at radius 3 is 2.11 bits per heavy atom. The summed E-state index contributed by atoms with van der Waals surface area (Å²) in [6.07, 6.45) is 14.6. The summed E-state index contributed by atoms with van der Waals surface area (Å²) in [6.45, 7) is 0.474. The molecule has 2 aliphatic carbocycles. The van der Waals surface area contributed by atoms with Gasteiger partial charge in [-0.15, -0.1) is 0 Å². The van der Waals surface area contributed by atoms with Crippen LogP contribution in [0.15, 0.2) is 54.6 Å². The highest BCUT2D eigenvalue weighted by atomic mass is 16.2. The van der Waals surface area contributed by atoms with Gasteiger partial charge in [0, 0.05) is 18.4 Å². The van der Waals surface area contributed by atoms with E-state index in [1.807, 2.05) is 18.2 Å². The molecular weight excluding hydrogens is 336 g/mol. The normalized spacial score (nSPS) is 22.8. The lowest BCUT2D eigenvalue weighted by molar-refractivity contribution is -0.127. The van der Waals surface area contributed by atoms with Crippen LogP contribution in [0.2, 0.25) is 0 Å². The van der Waals surface area contributed by atoms with Crippen LogP contribution in [0.5, 0.6) is 0 Å². The van der Waals surface area contributed by atoms with Gasteiger partial charge in [-0.05, 0) is 50.5 Å². The lowest BCUT2D eigenvalue weighted by Crippen LogP contribution is -2.48. The van der Waals surface area contributed by atoms with Gasteiger partial charge in [-0.25, -0.2) is 0 Å². The van der Waals surface area contributed by atoms with Crippen molar-refractivity contribution >= 4 is 11.8 Å². The van der Waals surface area contributed by atoms with Gasteiger partial charge in [-0.3, -0.25) is 9.59 Å². The highest BCUT2D eigenvalue weighted by Crippen LogP contribution is 2.19. The summed E-state index contributed by atoms with van der Waals surface area (Å²) in [5.74, 6) is 0.321. The smallest absolute Gasteiger partial charge is 0.223 e. The summed E-state index contributed by atoms with van der Waals surface area (Å²) in [6, 6.07) is 10.0. The minimum absolute atomic E-state index is 0.0486. The fraction of sp³-hybridized carbons (Fsp3) is 0.478. The molecule has 2 N–H and O–H groups in total. The molecule has 3 atom stereocenters. The Balaban J connectivity index is 1.58. The van der Waals surface area contributed by atoms with Crippen LogP contribution >= 0.6 is 0 Å². The maximum absolute atomic E-state index is 12.7. The number of hydrogen-bond acceptors (Lipinski definition) is 2. The van der Waals surface area contributed by atoms with Crippen LogP contribution in [0.1, 0.15) is 44.1 Å². The van der Waals surface area contributed by atoms with Crippen molar-refractivity contribution < 1.29 is 9.59 Å². The van der Waals surface area contributed by atoms with Gasteiger partial charge >= 0.3 is 0 Å². The van der Waals surface area contributed by atoms with Gasteiger partial charge in [0.2, 0.25) is 11.8 Å². The van der Waals surface area contributed by atoms with Crippen molar-refractivity contribution in [2.24, 2.45) is 11.8 Å². The summed E-state index contributed by atoms with van der Waals surface area (Å²) in [4.78, 5) is 25.2. The van der Waals surface area contributed by atoms with Crippen molar-refractivity contribution in [2.75, 3.05) is 6.54 Å². The molecule has 2 aliphatic rings. The molecule has 1 aromatic rings. The molecule has 2 amide bonds. The highest BCUT2D eigenvalue weighted by Gasteiger charge is 2.24. The minimum Gasteiger partial charge on any atom is -0.354 e. The van der Waals surface area contributed by atoms with Crippen LogP contribution in [-0.2, 0) is 16.0 Å². The topological polar surface area (TPSA) is 58.2 Å². The molecule has 0 bridgehead atoms. The second kappa shape index (κ2) is 10.1. The lowest BCUT2D eigenvalue weighted by Gasteiger charge is -2.25. The van der Waals surface area contributed by atoms with Gasteiger partial charge in [-0.1, -0.05) is 54.6 Å². The fourth-order valence-corrected chi connectivity index (χ4v) is 3.82. The molecule has 4 heteroatoms. The Bertz CT molecular complexity index is 681. The van der Waals surface area contributed by atoms with E-state index in [4.69, 9.17) is 0 Å². The number of benzene rings is 1. The molecule has 4 nitrogen and oxygen atoms in total. The Kier molecular flexibility index (Phi) is 7.26. The van der Waals surface area contributed by atoms with E-state index in [2.05, 4.69) is 47.1 Å². The van der Waals surface area contributed by atoms with Crippen LogP contribution in [0.4, 0.5) is 0 Å². The van der Waals surface area contributed by atoms with Gasteiger partial charge in [-0.2, -0.15) is 0 Å². The summed E-state index contributed by atoms with van der Waals surface area (Å²) in [5, 5.41) is 6.27. The number of rotatable bonds is 7. The molecule has 3 rings (SSSR count). The average molecular weight is 367 g/mol. The molecule has 0 fully saturated rings. The SMILES string of the molecule is O=C(NCC(Cc1ccccc1)NC(=O)C1CC=CCC1)C1CC=CCC1. The van der Waals surface area contributed by atoms with Gasteiger partial charge in [0.15, 0.2) is 0 Å². The second-order valence-electron chi connectivity index (χ2n) is 7.60. The van der Waals surface area contributed by atoms with Crippen molar-refractivity contribution in [3.63, 3.8) is 0 Å². The zero-order chi connectivity index (χ0) is 18.9. The number of nitrogens with one attached hydrogen (secondary N) is 2. The summed E-state index contributed by atoms with van der Waals surface area (Å²) in [5.41, 5.74) is 1.17. The molecule has 0 saturated heterocycles. The number of allylic oxidation sites excluding steroid dienone is 4. The number of amides is 2. The maximum Gasteiger partial charge on any atom is 0.223 e. The first-order chi connectivity index (χ1) is 13.2. The first kappa shape index (κ1) is 19.4. The average Bonchev–Trinajstić information content (AvgIpc) is 2.73. The molecule has 0 aliphatic heterocycles. The van der Waals surface area contributed by atoms with E-state index in [0.29, 0.717) is 6.54 Å². The quantitative estimate of drug-likeness (QED) is 0.725. The van der Waals surface area contributed by atoms with Crippen LogP contribution in [-0.4, -0.2) is 24.4 Å². The van der Waals surface area contributed by atoms with Gasteiger partial charge < -0.3 is 10.6 Å². The molecular formula is C23H30N2O2. The van der Waals surface area contributed by atoms with Crippen LogP contribution in [0.3, 0.4) is 0 Å². The van der Waals surface area contributed by atoms with Gasteiger partial charge in [0.05, 0.1) is 6.04 Å². The van der Waals surface area contributed by atoms with Gasteiger partial charge in [0.1, 0.15) is 0 Å². The van der Waals surface area contributed by atoms with Gasteiger partial charge in [0.25, 0.3) is 0 Å². The first-order valence-corrected chi connectivity index (χ1v) is 10.1. The Morgan fingerprint density at radius 2 is 1.52 bits per heavy atom. The molecule has 0 saturated carbocycles. The van der Waals surface area contributed by atoms with E-state index in [0.717, 1.165) is 44.9 Å². The maximum atomic E-state index is 12.7. The third kappa shape index (κ3) is 6.09. The molecule has 27 heavy (non-hydrogen) atoms. The number of carbonyl (C=O) groups excluding carboxylic acids is 2. The largest absolute Gasteiger partial charge is 0.354 e. The van der Waals surface area contributed by atoms with Crippen molar-refractivity contribution in [1.82, 2.24) is 10.6 Å². The lowest BCUT2D eigenvalue weighted by atomic mass is 9.92. The number of hydrogen-bond donors (Lipinski definition) is 2. The molecule has 0 radical (unpaired) electrons. The minimum atomic E-state index is -0.0890. The predicted octanol–water partition coefficient (Wildman–Crippen LogP) is 3.54. The zero-order valence-corrected chi connectivity index (χ0v) is 15.9. The van der Waals surface area contributed by atoms with Crippen LogP contribution < -0.4 is 10.6 Å². The van der Waals surface area contributed by atoms with Crippen molar-refractivity contribution in [3.05, 3.63) is 60.2 Å². The van der Waals surface area contributed by atoms with E-state index in [-0.39, 0.29) is 29.7 Å². The van der Waals surface area contributed by atoms with E-state index in [1.165, 1.54) is 5.56 Å². The Labute approximate surface area is 162 Å². The van der Waals surface area contributed by atoms with E-state index < -0.39 is 0 Å². The molecule has 3 unspecified atom stereocenters. The molecule has 0 heterocycles. The van der Waals surface area contributed by atoms with E-state index in [9.17, 15) is 9.59 Å². The fourth-order valence-electron chi connectivity index (χ4n) is 3.82. The molecule has 144 valence electrons. The first-order valence-electron chi connectivity index (χ1n) is 10.1. The predicted molar refractivity (Wildman–Crippen MR) is 108 cm³/mol. The molecule has 0 spiro atoms. The summed E-state index contributed by atoms with van der Waals surface area (Å²) >= 11 is 0. The second-order valence-corrected chi connectivity index (χ2v) is 7.60. The Hall–Kier alpha value is -2.36. The third-order valence-corrected chi connectivity index (χ3v) is 5.47. The van der Waals surface area contributed by atoms with Crippen molar-refractivity contribution in [1.29, 1.82) is 0 Å². The monoisotopic (exact) mass is 366 g/mol. The zero-order valence-electron chi connectivity index (χ0n) is 15.9. The third-order valence-electron chi connectivity index (χ3n) is 5.47. The number of carbonyl (C=O) groups is 2. The standard InChI is InChI=1S/C23H30N2O2/c26-22(19-12-6-2-7-13-19)24-17-21(16-18-10-4-1-5-11-18)25-23(27)20-14-8-3-9-15-20/h1-6,8,10-11,19-21H,7,9,12-17H2,(H,24,26)(H,25,27). The highest BCUT2D eigenvalue weighted by molar-refractivity contribution is 5.80. The Morgan fingerprint density at radius 1 is 0.889 bits per heavy atom. The summed E-state index contributed by atoms with van der Waals surface area (Å²) in [7, 11) is 0.